The highest BCUT2D eigenvalue weighted by atomic mass is 32.2. The number of benzene rings is 1. The van der Waals surface area contributed by atoms with Gasteiger partial charge in [0.15, 0.2) is 0 Å². The fourth-order valence-electron chi connectivity index (χ4n) is 4.43. The Labute approximate surface area is 252 Å². The van der Waals surface area contributed by atoms with Gasteiger partial charge in [-0.15, -0.1) is 0 Å². The standard InChI is InChI=1S/C31H46FN3O6S/c1-18(2)42(39,40)35(11)28-33-26(21-13-14-22(32)19(3)15-21)25(27(34-28)29(5,6)7)20(4)16-23(36)30(8,9)31(10,41-12)17-24(37)38/h13-16,18,23,36H,17H2,1-12H3,(H,37,38)/b20-16+/t23-,31+/m1/s1/i17D2. The normalized spacial score (nSPS) is 16.5. The number of carboxylic acids is 1. The maximum atomic E-state index is 14.3. The number of hydrogen-bond donors (Lipinski definition) is 2. The van der Waals surface area contributed by atoms with E-state index in [9.17, 15) is 27.8 Å². The third kappa shape index (κ3) is 7.01. The van der Waals surface area contributed by atoms with Gasteiger partial charge in [-0.1, -0.05) is 40.7 Å². The first-order valence-electron chi connectivity index (χ1n) is 14.6. The number of aliphatic hydroxyl groups is 1. The van der Waals surface area contributed by atoms with E-state index in [0.717, 1.165) is 4.31 Å². The molecular formula is C31H46FN3O6S. The molecule has 0 fully saturated rings. The van der Waals surface area contributed by atoms with Crippen LogP contribution in [0.3, 0.4) is 0 Å². The van der Waals surface area contributed by atoms with Gasteiger partial charge in [0, 0.05) is 38.9 Å². The molecular weight excluding hydrogens is 561 g/mol. The van der Waals surface area contributed by atoms with Gasteiger partial charge in [-0.3, -0.25) is 4.79 Å². The molecule has 234 valence electrons. The first-order valence-corrected chi connectivity index (χ1v) is 15.1. The molecule has 2 aromatic rings. The summed E-state index contributed by atoms with van der Waals surface area (Å²) in [5, 5.41) is 20.5. The molecule has 0 aliphatic rings. The molecule has 2 N–H and O–H groups in total. The smallest absolute Gasteiger partial charge is 0.306 e. The number of aryl methyl sites for hydroxylation is 1. The number of aliphatic hydroxyl groups excluding tert-OH is 1. The van der Waals surface area contributed by atoms with E-state index in [1.165, 1.54) is 53.1 Å². The van der Waals surface area contributed by atoms with E-state index in [4.69, 9.17) is 12.5 Å². The summed E-state index contributed by atoms with van der Waals surface area (Å²) in [5.74, 6) is -2.26. The highest BCUT2D eigenvalue weighted by molar-refractivity contribution is 7.93. The molecule has 1 heterocycles. The van der Waals surface area contributed by atoms with Gasteiger partial charge in [-0.05, 0) is 64.0 Å². The number of aliphatic carboxylic acids is 1. The van der Waals surface area contributed by atoms with Crippen molar-refractivity contribution in [1.29, 1.82) is 0 Å². The van der Waals surface area contributed by atoms with Gasteiger partial charge >= 0.3 is 5.97 Å². The summed E-state index contributed by atoms with van der Waals surface area (Å²) in [4.78, 5) is 21.3. The van der Waals surface area contributed by atoms with E-state index in [0.29, 0.717) is 33.7 Å². The fourth-order valence-corrected chi connectivity index (χ4v) is 5.37. The third-order valence-corrected chi connectivity index (χ3v) is 9.94. The number of nitrogens with zero attached hydrogens (tertiary/aromatic N) is 3. The zero-order valence-corrected chi connectivity index (χ0v) is 27.4. The van der Waals surface area contributed by atoms with Crippen molar-refractivity contribution in [1.82, 2.24) is 9.97 Å². The lowest BCUT2D eigenvalue weighted by molar-refractivity contribution is -0.160. The number of hydrogen-bond acceptors (Lipinski definition) is 7. The topological polar surface area (TPSA) is 130 Å². The Morgan fingerprint density at radius 3 is 2.21 bits per heavy atom. The maximum Gasteiger partial charge on any atom is 0.306 e. The van der Waals surface area contributed by atoms with Crippen LogP contribution in [-0.4, -0.2) is 65.7 Å². The molecule has 2 rings (SSSR count). The number of sulfonamides is 1. The van der Waals surface area contributed by atoms with Gasteiger partial charge in [0.2, 0.25) is 16.0 Å². The van der Waals surface area contributed by atoms with E-state index < -0.39 is 56.0 Å². The number of rotatable bonds is 11. The summed E-state index contributed by atoms with van der Waals surface area (Å²) < 4.78 is 63.6. The third-order valence-electron chi connectivity index (χ3n) is 7.82. The van der Waals surface area contributed by atoms with Crippen LogP contribution in [0.4, 0.5) is 10.3 Å². The summed E-state index contributed by atoms with van der Waals surface area (Å²) in [6, 6.07) is 4.40. The molecule has 0 bridgehead atoms. The van der Waals surface area contributed by atoms with Crippen molar-refractivity contribution in [3.05, 3.63) is 46.9 Å². The molecule has 42 heavy (non-hydrogen) atoms. The van der Waals surface area contributed by atoms with Gasteiger partial charge in [-0.2, -0.15) is 0 Å². The highest BCUT2D eigenvalue weighted by Gasteiger charge is 2.47. The van der Waals surface area contributed by atoms with E-state index in [1.54, 1.807) is 33.8 Å². The van der Waals surface area contributed by atoms with Gasteiger partial charge in [0.25, 0.3) is 0 Å². The Morgan fingerprint density at radius 1 is 1.19 bits per heavy atom. The van der Waals surface area contributed by atoms with Gasteiger partial charge < -0.3 is 14.9 Å². The average Bonchev–Trinajstić information content (AvgIpc) is 2.91. The summed E-state index contributed by atoms with van der Waals surface area (Å²) in [6.45, 7) is 16.3. The van der Waals surface area contributed by atoms with Gasteiger partial charge in [0.1, 0.15) is 5.82 Å². The van der Waals surface area contributed by atoms with Crippen molar-refractivity contribution in [2.24, 2.45) is 5.41 Å². The van der Waals surface area contributed by atoms with Crippen LogP contribution in [-0.2, 0) is 25.0 Å². The molecule has 0 aliphatic carbocycles. The van der Waals surface area contributed by atoms with Crippen LogP contribution in [0, 0.1) is 18.2 Å². The minimum absolute atomic E-state index is 0.0837. The Bertz CT molecular complexity index is 1550. The molecule has 0 spiro atoms. The second-order valence-corrected chi connectivity index (χ2v) is 15.1. The van der Waals surface area contributed by atoms with Crippen molar-refractivity contribution < 1.29 is 35.3 Å². The quantitative estimate of drug-likeness (QED) is 0.330. The van der Waals surface area contributed by atoms with Crippen molar-refractivity contribution in [3.63, 3.8) is 0 Å². The molecule has 0 aliphatic heterocycles. The predicted molar refractivity (Wildman–Crippen MR) is 164 cm³/mol. The van der Waals surface area contributed by atoms with Crippen LogP contribution < -0.4 is 4.31 Å². The molecule has 1 aromatic carbocycles. The van der Waals surface area contributed by atoms with Crippen LogP contribution in [0.15, 0.2) is 24.3 Å². The van der Waals surface area contributed by atoms with Crippen LogP contribution in [0.25, 0.3) is 16.8 Å². The zero-order valence-electron chi connectivity index (χ0n) is 28.6. The van der Waals surface area contributed by atoms with Crippen molar-refractivity contribution in [2.45, 2.75) is 98.0 Å². The Hall–Kier alpha value is -2.89. The lowest BCUT2D eigenvalue weighted by atomic mass is 9.69. The molecule has 11 heteroatoms. The van der Waals surface area contributed by atoms with E-state index in [-0.39, 0.29) is 5.95 Å². The maximum absolute atomic E-state index is 14.3. The number of halogens is 1. The first kappa shape index (κ1) is 32.0. The number of ether oxygens (including phenoxy) is 1. The molecule has 1 aromatic heterocycles. The molecule has 9 nitrogen and oxygen atoms in total. The summed E-state index contributed by atoms with van der Waals surface area (Å²) in [6.07, 6.45) is -2.86. The lowest BCUT2D eigenvalue weighted by Crippen LogP contribution is -2.51. The lowest BCUT2D eigenvalue weighted by Gasteiger charge is -2.44. The number of carbonyl (C=O) groups is 1. The monoisotopic (exact) mass is 609 g/mol. The Balaban J connectivity index is 3.02. The van der Waals surface area contributed by atoms with E-state index >= 15 is 0 Å². The van der Waals surface area contributed by atoms with Crippen LogP contribution in [0.5, 0.6) is 0 Å². The summed E-state index contributed by atoms with van der Waals surface area (Å²) >= 11 is 0. The molecule has 0 saturated carbocycles. The van der Waals surface area contributed by atoms with Crippen molar-refractivity contribution >= 4 is 27.5 Å². The Kier molecular flexibility index (Phi) is 9.44. The SMILES string of the molecule is [2H]C([2H])(C(=O)O)[C@](C)(OC)C(C)(C)[C@H](O)/C=C(\C)c1c(-c2ccc(F)c(C)c2)nc(N(C)S(=O)(=O)C(C)C)nc1C(C)(C)C. The minimum Gasteiger partial charge on any atom is -0.481 e. The van der Waals surface area contributed by atoms with E-state index in [2.05, 4.69) is 4.98 Å². The second-order valence-electron chi connectivity index (χ2n) is 12.6. The number of methoxy groups -OCH3 is 1. The van der Waals surface area contributed by atoms with Crippen LogP contribution in [0.2, 0.25) is 0 Å². The molecule has 0 amide bonds. The summed E-state index contributed by atoms with van der Waals surface area (Å²) in [7, 11) is -1.27. The summed E-state index contributed by atoms with van der Waals surface area (Å²) in [5.41, 5.74) is -1.71. The highest BCUT2D eigenvalue weighted by Crippen LogP contribution is 2.43. The van der Waals surface area contributed by atoms with Gasteiger partial charge in [-0.25, -0.2) is 27.1 Å². The zero-order chi connectivity index (χ0) is 34.4. The van der Waals surface area contributed by atoms with Crippen molar-refractivity contribution in [3.8, 4) is 11.3 Å². The average molecular weight is 610 g/mol. The number of aromatic nitrogens is 2. The van der Waals surface area contributed by atoms with Gasteiger partial charge in [0.05, 0.1) is 34.7 Å². The van der Waals surface area contributed by atoms with E-state index in [1.807, 2.05) is 20.8 Å². The molecule has 0 unspecified atom stereocenters. The number of allylic oxidation sites excluding steroid dienone is 1. The van der Waals surface area contributed by atoms with Crippen LogP contribution >= 0.6 is 0 Å². The minimum atomic E-state index is -3.82. The number of anilines is 1. The Morgan fingerprint density at radius 2 is 1.76 bits per heavy atom. The predicted octanol–water partition coefficient (Wildman–Crippen LogP) is 5.73. The second kappa shape index (κ2) is 12.4. The largest absolute Gasteiger partial charge is 0.481 e. The number of carboxylic acid groups (broad SMARTS) is 1. The molecule has 0 radical (unpaired) electrons. The molecule has 2 atom stereocenters. The van der Waals surface area contributed by atoms with Crippen molar-refractivity contribution in [2.75, 3.05) is 18.5 Å². The molecule has 0 saturated heterocycles. The fraction of sp³-hybridized carbons (Fsp3) is 0.581. The van der Waals surface area contributed by atoms with Crippen LogP contribution in [0.1, 0.15) is 88.2 Å². The first-order chi connectivity index (χ1) is 19.8.